The Balaban J connectivity index is 1.90. The second-order valence-corrected chi connectivity index (χ2v) is 10.8. The Kier molecular flexibility index (Phi) is 7.95. The summed E-state index contributed by atoms with van der Waals surface area (Å²) in [5.74, 6) is 0.0471. The molecule has 1 N–H and O–H groups in total. The van der Waals surface area contributed by atoms with E-state index >= 15 is 0 Å². The zero-order valence-electron chi connectivity index (χ0n) is 15.9. The lowest BCUT2D eigenvalue weighted by molar-refractivity contribution is -0.114. The van der Waals surface area contributed by atoms with Crippen molar-refractivity contribution < 1.29 is 13.2 Å². The van der Waals surface area contributed by atoms with Gasteiger partial charge in [-0.05, 0) is 24.3 Å². The number of nitrogens with one attached hydrogen (secondary N) is 1. The van der Waals surface area contributed by atoms with Crippen molar-refractivity contribution in [3.63, 3.8) is 0 Å². The van der Waals surface area contributed by atoms with E-state index in [1.165, 1.54) is 47.4 Å². The van der Waals surface area contributed by atoms with Crippen molar-refractivity contribution in [2.45, 2.75) is 9.24 Å². The zero-order valence-corrected chi connectivity index (χ0v) is 19.8. The normalized spacial score (nSPS) is 11.2. The smallest absolute Gasteiger partial charge is 0.264 e. The van der Waals surface area contributed by atoms with Crippen molar-refractivity contribution in [1.29, 1.82) is 0 Å². The number of aromatic nitrogens is 2. The van der Waals surface area contributed by atoms with E-state index in [1.807, 2.05) is 0 Å². The maximum Gasteiger partial charge on any atom is 0.264 e. The topological polar surface area (TPSA) is 92.3 Å². The van der Waals surface area contributed by atoms with Crippen LogP contribution in [0, 0.1) is 0 Å². The predicted octanol–water partition coefficient (Wildman–Crippen LogP) is 4.96. The zero-order chi connectivity index (χ0) is 22.4. The highest BCUT2D eigenvalue weighted by Gasteiger charge is 2.29. The summed E-state index contributed by atoms with van der Waals surface area (Å²) in [6.45, 7) is 3.10. The van der Waals surface area contributed by atoms with Crippen molar-refractivity contribution in [3.8, 4) is 0 Å². The molecule has 0 aliphatic carbocycles. The minimum Gasteiger partial charge on any atom is -0.299 e. The molecule has 0 spiro atoms. The van der Waals surface area contributed by atoms with Crippen LogP contribution in [0.5, 0.6) is 0 Å². The van der Waals surface area contributed by atoms with E-state index in [0.29, 0.717) is 10.1 Å². The molecule has 7 nitrogen and oxygen atoms in total. The molecular weight excluding hydrogens is 499 g/mol. The summed E-state index contributed by atoms with van der Waals surface area (Å²) in [6, 6.07) is 12.3. The number of rotatable bonds is 9. The van der Waals surface area contributed by atoms with Gasteiger partial charge >= 0.3 is 0 Å². The largest absolute Gasteiger partial charge is 0.299 e. The van der Waals surface area contributed by atoms with Crippen LogP contribution in [0.4, 0.5) is 10.8 Å². The molecule has 162 valence electrons. The van der Waals surface area contributed by atoms with Gasteiger partial charge in [0.05, 0.1) is 20.6 Å². The van der Waals surface area contributed by atoms with Gasteiger partial charge in [-0.25, -0.2) is 8.42 Å². The summed E-state index contributed by atoms with van der Waals surface area (Å²) in [5, 5.41) is 10.9. The van der Waals surface area contributed by atoms with Crippen molar-refractivity contribution in [1.82, 2.24) is 10.2 Å². The van der Waals surface area contributed by atoms with E-state index in [4.69, 9.17) is 23.2 Å². The molecule has 1 amide bonds. The van der Waals surface area contributed by atoms with Crippen molar-refractivity contribution in [3.05, 3.63) is 71.2 Å². The monoisotopic (exact) mass is 514 g/mol. The van der Waals surface area contributed by atoms with E-state index in [9.17, 15) is 13.2 Å². The molecule has 0 bridgehead atoms. The number of amides is 1. The van der Waals surface area contributed by atoms with Gasteiger partial charge in [0.1, 0.15) is 6.54 Å². The fourth-order valence-electron chi connectivity index (χ4n) is 2.44. The molecule has 0 saturated heterocycles. The molecule has 3 rings (SSSR count). The molecule has 0 atom stereocenters. The van der Waals surface area contributed by atoms with E-state index in [0.717, 1.165) is 4.31 Å². The van der Waals surface area contributed by atoms with Crippen molar-refractivity contribution >= 4 is 73.0 Å². The van der Waals surface area contributed by atoms with Crippen molar-refractivity contribution in [2.75, 3.05) is 21.9 Å². The maximum atomic E-state index is 13.3. The maximum absolute atomic E-state index is 13.3. The summed E-state index contributed by atoms with van der Waals surface area (Å²) in [4.78, 5) is 12.7. The predicted molar refractivity (Wildman–Crippen MR) is 127 cm³/mol. The number of carbonyl (C=O) groups is 1. The summed E-state index contributed by atoms with van der Waals surface area (Å²) >= 11 is 15.0. The van der Waals surface area contributed by atoms with E-state index in [1.54, 1.807) is 30.3 Å². The van der Waals surface area contributed by atoms with Gasteiger partial charge in [-0.3, -0.25) is 14.4 Å². The molecule has 0 radical (unpaired) electrons. The van der Waals surface area contributed by atoms with E-state index in [2.05, 4.69) is 22.1 Å². The van der Waals surface area contributed by atoms with Crippen LogP contribution in [0.2, 0.25) is 10.0 Å². The van der Waals surface area contributed by atoms with E-state index < -0.39 is 22.5 Å². The Hall–Kier alpha value is -2.11. The number of sulfonamides is 1. The summed E-state index contributed by atoms with van der Waals surface area (Å²) in [7, 11) is -4.11. The number of halogens is 2. The van der Waals surface area contributed by atoms with Crippen LogP contribution in [0.3, 0.4) is 0 Å². The third-order valence-electron chi connectivity index (χ3n) is 3.80. The van der Waals surface area contributed by atoms with Crippen LogP contribution in [-0.2, 0) is 14.8 Å². The molecule has 0 fully saturated rings. The first-order valence-corrected chi connectivity index (χ1v) is 12.7. The Labute approximate surface area is 198 Å². The van der Waals surface area contributed by atoms with E-state index in [-0.39, 0.29) is 25.8 Å². The average molecular weight is 515 g/mol. The minimum atomic E-state index is -4.11. The first kappa shape index (κ1) is 23.6. The highest BCUT2D eigenvalue weighted by atomic mass is 35.5. The third kappa shape index (κ3) is 5.78. The summed E-state index contributed by atoms with van der Waals surface area (Å²) in [6.07, 6.45) is 1.73. The minimum absolute atomic E-state index is 0.0119. The highest BCUT2D eigenvalue weighted by Crippen LogP contribution is 2.35. The van der Waals surface area contributed by atoms with Gasteiger partial charge < -0.3 is 0 Å². The second kappa shape index (κ2) is 10.5. The van der Waals surface area contributed by atoms with Gasteiger partial charge in [0.2, 0.25) is 11.0 Å². The molecular formula is C19H16Cl2N4O3S3. The third-order valence-corrected chi connectivity index (χ3v) is 8.35. The van der Waals surface area contributed by atoms with Gasteiger partial charge in [-0.15, -0.1) is 16.8 Å². The lowest BCUT2D eigenvalue weighted by atomic mass is 10.3. The van der Waals surface area contributed by atoms with Crippen LogP contribution >= 0.6 is 46.3 Å². The number of nitrogens with zero attached hydrogens (tertiary/aromatic N) is 3. The van der Waals surface area contributed by atoms with Crippen molar-refractivity contribution in [2.24, 2.45) is 0 Å². The standard InChI is InChI=1S/C19H16Cl2N4O3S3/c1-2-11-29-19-24-23-18(30-19)22-16(26)12-25(15-10-6-9-14(20)17(15)21)31(27,28)13-7-4-3-5-8-13/h2-10H,1,11-12H2,(H,22,23,26). The number of anilines is 2. The lowest BCUT2D eigenvalue weighted by Crippen LogP contribution is -2.38. The number of carbonyl (C=O) groups excluding carboxylic acids is 1. The van der Waals surface area contributed by atoms with Crippen LogP contribution < -0.4 is 9.62 Å². The van der Waals surface area contributed by atoms with Crippen LogP contribution in [0.15, 0.2) is 70.4 Å². The lowest BCUT2D eigenvalue weighted by Gasteiger charge is -2.25. The summed E-state index contributed by atoms with van der Waals surface area (Å²) in [5.41, 5.74) is 0.0904. The quantitative estimate of drug-likeness (QED) is 0.246. The number of hydrogen-bond donors (Lipinski definition) is 1. The molecule has 3 aromatic rings. The fourth-order valence-corrected chi connectivity index (χ4v) is 5.87. The summed E-state index contributed by atoms with van der Waals surface area (Å²) < 4.78 is 28.2. The Morgan fingerprint density at radius 2 is 1.90 bits per heavy atom. The Morgan fingerprint density at radius 1 is 1.16 bits per heavy atom. The number of benzene rings is 2. The second-order valence-electron chi connectivity index (χ2n) is 5.92. The number of hydrogen-bond acceptors (Lipinski definition) is 7. The first-order chi connectivity index (χ1) is 14.8. The molecule has 12 heteroatoms. The SMILES string of the molecule is C=CCSc1nnc(NC(=O)CN(c2cccc(Cl)c2Cl)S(=O)(=O)c2ccccc2)s1. The molecule has 0 saturated carbocycles. The average Bonchev–Trinajstić information content (AvgIpc) is 3.20. The fraction of sp³-hybridized carbons (Fsp3) is 0.105. The molecule has 1 aromatic heterocycles. The Morgan fingerprint density at radius 3 is 2.61 bits per heavy atom. The molecule has 0 unspecified atom stereocenters. The Bertz CT molecular complexity index is 1190. The van der Waals surface area contributed by atoms with Gasteiger partial charge in [0.15, 0.2) is 4.34 Å². The highest BCUT2D eigenvalue weighted by molar-refractivity contribution is 8.01. The van der Waals surface area contributed by atoms with Gasteiger partial charge in [0.25, 0.3) is 10.0 Å². The molecule has 2 aromatic carbocycles. The van der Waals surface area contributed by atoms with Gasteiger partial charge in [-0.1, -0.05) is 76.6 Å². The molecule has 0 aliphatic rings. The van der Waals surface area contributed by atoms with Gasteiger partial charge in [0, 0.05) is 5.75 Å². The van der Waals surface area contributed by atoms with Crippen LogP contribution in [0.25, 0.3) is 0 Å². The molecule has 31 heavy (non-hydrogen) atoms. The van der Waals surface area contributed by atoms with Crippen LogP contribution in [-0.4, -0.2) is 36.8 Å². The van der Waals surface area contributed by atoms with Crippen LogP contribution in [0.1, 0.15) is 0 Å². The molecule has 1 heterocycles. The first-order valence-electron chi connectivity index (χ1n) is 8.71. The molecule has 0 aliphatic heterocycles. The number of thioether (sulfide) groups is 1. The van der Waals surface area contributed by atoms with Gasteiger partial charge in [-0.2, -0.15) is 0 Å².